The fourth-order valence-corrected chi connectivity index (χ4v) is 3.44. The van der Waals surface area contributed by atoms with E-state index in [1.807, 2.05) is 41.9 Å². The molecule has 0 unspecified atom stereocenters. The number of halogens is 1. The Kier molecular flexibility index (Phi) is 3.95. The first kappa shape index (κ1) is 16.3. The van der Waals surface area contributed by atoms with Crippen molar-refractivity contribution in [2.24, 2.45) is 7.05 Å². The van der Waals surface area contributed by atoms with Crippen LogP contribution in [0.5, 0.6) is 0 Å². The maximum absolute atomic E-state index is 13.1. The zero-order valence-corrected chi connectivity index (χ0v) is 14.3. The number of fused-ring (bicyclic) bond motifs is 1. The molecule has 0 spiro atoms. The number of carbonyl (C=O) groups excluding carboxylic acids is 2. The molecular weight excluding hydrogens is 333 g/mol. The molecule has 0 bridgehead atoms. The molecule has 2 aromatic carbocycles. The molecule has 0 radical (unpaired) electrons. The van der Waals surface area contributed by atoms with Gasteiger partial charge in [0.2, 0.25) is 5.91 Å². The second-order valence-corrected chi connectivity index (χ2v) is 6.50. The number of nitrogens with one attached hydrogen (secondary N) is 1. The Morgan fingerprint density at radius 2 is 1.88 bits per heavy atom. The maximum atomic E-state index is 13.1. The zero-order valence-electron chi connectivity index (χ0n) is 14.3. The zero-order chi connectivity index (χ0) is 18.3. The highest BCUT2D eigenvalue weighted by Gasteiger charge is 2.32. The van der Waals surface area contributed by atoms with E-state index >= 15 is 0 Å². The predicted octanol–water partition coefficient (Wildman–Crippen LogP) is 2.85. The Morgan fingerprint density at radius 1 is 1.15 bits per heavy atom. The minimum absolute atomic E-state index is 0.0843. The lowest BCUT2D eigenvalue weighted by Crippen LogP contribution is -2.37. The minimum atomic E-state index is -0.346. The van der Waals surface area contributed by atoms with Gasteiger partial charge in [-0.3, -0.25) is 9.59 Å². The number of hydrogen-bond donors (Lipinski definition) is 1. The molecule has 5 nitrogen and oxygen atoms in total. The Morgan fingerprint density at radius 3 is 2.62 bits per heavy atom. The Hall–Kier alpha value is -3.15. The molecule has 0 saturated carbocycles. The number of nitrogens with zero attached hydrogens (tertiary/aromatic N) is 2. The molecule has 6 heteroatoms. The van der Waals surface area contributed by atoms with E-state index < -0.39 is 0 Å². The van der Waals surface area contributed by atoms with Crippen LogP contribution in [0, 0.1) is 5.82 Å². The van der Waals surface area contributed by atoms with Crippen LogP contribution in [0.1, 0.15) is 16.9 Å². The highest BCUT2D eigenvalue weighted by Crippen LogP contribution is 2.23. The number of anilines is 1. The molecule has 1 saturated heterocycles. The molecule has 1 aliphatic rings. The van der Waals surface area contributed by atoms with Gasteiger partial charge in [0.1, 0.15) is 11.5 Å². The molecule has 3 aromatic rings. The summed E-state index contributed by atoms with van der Waals surface area (Å²) in [6.45, 7) is 0.375. The van der Waals surface area contributed by atoms with Crippen LogP contribution in [0.4, 0.5) is 10.1 Å². The molecule has 2 heterocycles. The summed E-state index contributed by atoms with van der Waals surface area (Å²) in [7, 11) is 1.85. The van der Waals surface area contributed by atoms with Crippen molar-refractivity contribution in [1.29, 1.82) is 0 Å². The fraction of sp³-hybridized carbons (Fsp3) is 0.200. The largest absolute Gasteiger partial charge is 0.346 e. The smallest absolute Gasteiger partial charge is 0.268 e. The van der Waals surface area contributed by atoms with Gasteiger partial charge in [0.25, 0.3) is 5.91 Å². The van der Waals surface area contributed by atoms with Gasteiger partial charge in [-0.15, -0.1) is 0 Å². The van der Waals surface area contributed by atoms with Crippen molar-refractivity contribution >= 4 is 28.4 Å². The monoisotopic (exact) mass is 351 g/mol. The first-order chi connectivity index (χ1) is 12.5. The summed E-state index contributed by atoms with van der Waals surface area (Å²) >= 11 is 0. The number of aromatic nitrogens is 1. The standard InChI is InChI=1S/C20H18FN3O2/c1-23-17-5-3-2-4-13(17)10-18(23)20(26)22-15-11-19(25)24(12-15)16-8-6-14(21)7-9-16/h2-10,15H,11-12H2,1H3,(H,22,26)/t15-/m0/s1. The molecule has 1 aromatic heterocycles. The molecule has 1 fully saturated rings. The highest BCUT2D eigenvalue weighted by atomic mass is 19.1. The van der Waals surface area contributed by atoms with Gasteiger partial charge in [0.15, 0.2) is 0 Å². The molecule has 2 amide bonds. The van der Waals surface area contributed by atoms with Crippen LogP contribution in [-0.2, 0) is 11.8 Å². The van der Waals surface area contributed by atoms with E-state index in [9.17, 15) is 14.0 Å². The van der Waals surface area contributed by atoms with Crippen LogP contribution in [0.25, 0.3) is 10.9 Å². The minimum Gasteiger partial charge on any atom is -0.346 e. The second-order valence-electron chi connectivity index (χ2n) is 6.50. The van der Waals surface area contributed by atoms with Gasteiger partial charge >= 0.3 is 0 Å². The lowest BCUT2D eigenvalue weighted by Gasteiger charge is -2.17. The van der Waals surface area contributed by atoms with E-state index in [0.29, 0.717) is 17.9 Å². The lowest BCUT2D eigenvalue weighted by atomic mass is 10.2. The summed E-state index contributed by atoms with van der Waals surface area (Å²) in [5, 5.41) is 3.94. The SMILES string of the molecule is Cn1c(C(=O)N[C@H]2CC(=O)N(c3ccc(F)cc3)C2)cc2ccccc21. The average Bonchev–Trinajstić information content (AvgIpc) is 3.16. The van der Waals surface area contributed by atoms with Gasteiger partial charge in [-0.2, -0.15) is 0 Å². The van der Waals surface area contributed by atoms with E-state index in [2.05, 4.69) is 5.32 Å². The summed E-state index contributed by atoms with van der Waals surface area (Å²) in [6, 6.07) is 15.1. The third-order valence-corrected chi connectivity index (χ3v) is 4.78. The normalized spacial score (nSPS) is 17.1. The number of aryl methyl sites for hydroxylation is 1. The van der Waals surface area contributed by atoms with E-state index in [4.69, 9.17) is 0 Å². The number of para-hydroxylation sites is 1. The van der Waals surface area contributed by atoms with E-state index in [1.165, 1.54) is 12.1 Å². The summed E-state index contributed by atoms with van der Waals surface area (Å²) < 4.78 is 14.9. The first-order valence-corrected chi connectivity index (χ1v) is 8.44. The maximum Gasteiger partial charge on any atom is 0.268 e. The van der Waals surface area contributed by atoms with Crippen LogP contribution in [0.15, 0.2) is 54.6 Å². The average molecular weight is 351 g/mol. The Labute approximate surface area is 150 Å². The Bertz CT molecular complexity index is 994. The Balaban J connectivity index is 1.50. The van der Waals surface area contributed by atoms with Crippen molar-refractivity contribution in [1.82, 2.24) is 9.88 Å². The fourth-order valence-electron chi connectivity index (χ4n) is 3.44. The van der Waals surface area contributed by atoms with Crippen molar-refractivity contribution in [3.05, 3.63) is 66.1 Å². The quantitative estimate of drug-likeness (QED) is 0.789. The van der Waals surface area contributed by atoms with Gasteiger partial charge in [-0.1, -0.05) is 18.2 Å². The molecule has 4 rings (SSSR count). The van der Waals surface area contributed by atoms with Gasteiger partial charge < -0.3 is 14.8 Å². The topological polar surface area (TPSA) is 54.3 Å². The molecule has 1 atom stereocenters. The van der Waals surface area contributed by atoms with Crippen molar-refractivity contribution < 1.29 is 14.0 Å². The number of amides is 2. The second kappa shape index (κ2) is 6.29. The summed E-state index contributed by atoms with van der Waals surface area (Å²) in [5.41, 5.74) is 2.17. The molecule has 0 aliphatic carbocycles. The lowest BCUT2D eigenvalue weighted by molar-refractivity contribution is -0.117. The number of hydrogen-bond acceptors (Lipinski definition) is 2. The van der Waals surface area contributed by atoms with Gasteiger partial charge in [-0.05, 0) is 36.4 Å². The van der Waals surface area contributed by atoms with Crippen molar-refractivity contribution in [3.63, 3.8) is 0 Å². The summed E-state index contributed by atoms with van der Waals surface area (Å²) in [4.78, 5) is 26.5. The van der Waals surface area contributed by atoms with E-state index in [-0.39, 0.29) is 30.1 Å². The van der Waals surface area contributed by atoms with Crippen LogP contribution in [-0.4, -0.2) is 29.0 Å². The third-order valence-electron chi connectivity index (χ3n) is 4.78. The van der Waals surface area contributed by atoms with Crippen LogP contribution >= 0.6 is 0 Å². The number of benzene rings is 2. The van der Waals surface area contributed by atoms with Gasteiger partial charge in [0, 0.05) is 36.6 Å². The van der Waals surface area contributed by atoms with Gasteiger partial charge in [-0.25, -0.2) is 4.39 Å². The van der Waals surface area contributed by atoms with Crippen LogP contribution in [0.2, 0.25) is 0 Å². The highest BCUT2D eigenvalue weighted by molar-refractivity contribution is 6.01. The van der Waals surface area contributed by atoms with Crippen LogP contribution in [0.3, 0.4) is 0 Å². The van der Waals surface area contributed by atoms with Crippen molar-refractivity contribution in [2.45, 2.75) is 12.5 Å². The molecule has 132 valence electrons. The van der Waals surface area contributed by atoms with E-state index in [0.717, 1.165) is 10.9 Å². The number of carbonyl (C=O) groups is 2. The molecular formula is C20H18FN3O2. The summed E-state index contributed by atoms with van der Waals surface area (Å²) in [6.07, 6.45) is 0.229. The number of rotatable bonds is 3. The van der Waals surface area contributed by atoms with Crippen LogP contribution < -0.4 is 10.2 Å². The third kappa shape index (κ3) is 2.83. The van der Waals surface area contributed by atoms with Crippen molar-refractivity contribution in [3.8, 4) is 0 Å². The molecule has 1 aliphatic heterocycles. The van der Waals surface area contributed by atoms with Gasteiger partial charge in [0.05, 0.1) is 6.04 Å². The predicted molar refractivity (Wildman–Crippen MR) is 97.5 cm³/mol. The molecule has 26 heavy (non-hydrogen) atoms. The molecule has 1 N–H and O–H groups in total. The van der Waals surface area contributed by atoms with Crippen molar-refractivity contribution in [2.75, 3.05) is 11.4 Å². The first-order valence-electron chi connectivity index (χ1n) is 8.44. The summed E-state index contributed by atoms with van der Waals surface area (Å²) in [5.74, 6) is -0.637. The van der Waals surface area contributed by atoms with E-state index in [1.54, 1.807) is 17.0 Å².